The number of para-hydroxylation sites is 1. The molecule has 4 nitrogen and oxygen atoms in total. The number of thiophene rings is 1. The number of carbonyl (C=O) groups excluding carboxylic acids is 2. The first kappa shape index (κ1) is 15.7. The minimum absolute atomic E-state index is 0.308. The van der Waals surface area contributed by atoms with Gasteiger partial charge in [-0.1, -0.05) is 12.1 Å². The number of halogens is 1. The molecule has 0 radical (unpaired) electrons. The van der Waals surface area contributed by atoms with Crippen LogP contribution in [0.15, 0.2) is 47.2 Å². The number of esters is 1. The molecule has 0 aliphatic heterocycles. The van der Waals surface area contributed by atoms with E-state index in [4.69, 9.17) is 4.74 Å². The molecule has 108 valence electrons. The van der Waals surface area contributed by atoms with Gasteiger partial charge in [-0.25, -0.2) is 4.79 Å². The van der Waals surface area contributed by atoms with Crippen molar-refractivity contribution < 1.29 is 14.3 Å². The zero-order valence-corrected chi connectivity index (χ0v) is 13.9. The Morgan fingerprint density at radius 3 is 2.81 bits per heavy atom. The number of hydrogen-bond donors (Lipinski definition) is 1. The summed E-state index contributed by atoms with van der Waals surface area (Å²) in [4.78, 5) is 23.2. The lowest BCUT2D eigenvalue weighted by Gasteiger charge is -2.06. The Balaban J connectivity index is 1.79. The molecule has 0 spiro atoms. The topological polar surface area (TPSA) is 55.4 Å². The second kappa shape index (κ2) is 7.94. The molecule has 0 fully saturated rings. The number of benzene rings is 1. The summed E-state index contributed by atoms with van der Waals surface area (Å²) in [5, 5.41) is 6.52. The van der Waals surface area contributed by atoms with Crippen LogP contribution < -0.4 is 5.32 Å². The molecular weight excluding hydrogens is 401 g/mol. The summed E-state index contributed by atoms with van der Waals surface area (Å²) >= 11 is 3.67. The maximum atomic E-state index is 11.7. The van der Waals surface area contributed by atoms with Gasteiger partial charge < -0.3 is 10.1 Å². The van der Waals surface area contributed by atoms with E-state index in [1.165, 1.54) is 6.08 Å². The van der Waals surface area contributed by atoms with Crippen LogP contribution >= 0.6 is 33.9 Å². The molecule has 1 aromatic carbocycles. The van der Waals surface area contributed by atoms with Crippen LogP contribution in [0.1, 0.15) is 5.56 Å². The summed E-state index contributed by atoms with van der Waals surface area (Å²) in [5.74, 6) is -0.907. The molecule has 1 heterocycles. The van der Waals surface area contributed by atoms with Crippen LogP contribution in [-0.2, 0) is 14.3 Å². The van der Waals surface area contributed by atoms with Gasteiger partial charge in [0.15, 0.2) is 6.61 Å². The Bertz CT molecular complexity index is 653. The predicted molar refractivity (Wildman–Crippen MR) is 92.1 cm³/mol. The maximum absolute atomic E-state index is 11.7. The van der Waals surface area contributed by atoms with Crippen LogP contribution in [0.3, 0.4) is 0 Å². The Morgan fingerprint density at radius 2 is 2.10 bits per heavy atom. The Hall–Kier alpha value is -1.67. The first-order chi connectivity index (χ1) is 10.1. The summed E-state index contributed by atoms with van der Waals surface area (Å²) < 4.78 is 5.80. The van der Waals surface area contributed by atoms with Crippen LogP contribution in [0.2, 0.25) is 0 Å². The van der Waals surface area contributed by atoms with Crippen molar-refractivity contribution in [3.63, 3.8) is 0 Å². The number of anilines is 1. The van der Waals surface area contributed by atoms with Gasteiger partial charge in [0.05, 0.1) is 5.69 Å². The second-order valence-electron chi connectivity index (χ2n) is 4.03. The number of carbonyl (C=O) groups is 2. The van der Waals surface area contributed by atoms with Crippen LogP contribution in [-0.4, -0.2) is 18.5 Å². The van der Waals surface area contributed by atoms with Crippen molar-refractivity contribution in [3.05, 3.63) is 56.3 Å². The van der Waals surface area contributed by atoms with Gasteiger partial charge in [-0.2, -0.15) is 11.3 Å². The van der Waals surface area contributed by atoms with Crippen LogP contribution in [0, 0.1) is 3.57 Å². The third-order valence-corrected chi connectivity index (χ3v) is 4.09. The van der Waals surface area contributed by atoms with Crippen molar-refractivity contribution in [1.82, 2.24) is 0 Å². The highest BCUT2D eigenvalue weighted by atomic mass is 127. The fourth-order valence-corrected chi connectivity index (χ4v) is 2.62. The van der Waals surface area contributed by atoms with Gasteiger partial charge in [0.2, 0.25) is 0 Å². The molecule has 0 atom stereocenters. The molecule has 0 aliphatic rings. The van der Waals surface area contributed by atoms with Gasteiger partial charge in [0.25, 0.3) is 5.91 Å². The van der Waals surface area contributed by atoms with Crippen LogP contribution in [0.4, 0.5) is 5.69 Å². The number of rotatable bonds is 5. The van der Waals surface area contributed by atoms with Crippen molar-refractivity contribution in [3.8, 4) is 0 Å². The molecule has 2 aromatic rings. The third-order valence-electron chi connectivity index (χ3n) is 2.45. The first-order valence-corrected chi connectivity index (χ1v) is 8.09. The maximum Gasteiger partial charge on any atom is 0.331 e. The molecule has 1 N–H and O–H groups in total. The van der Waals surface area contributed by atoms with Gasteiger partial charge in [-0.05, 0) is 63.2 Å². The SMILES string of the molecule is O=C(COC(=O)/C=C/c1ccsc1)Nc1ccccc1I. The fourth-order valence-electron chi connectivity index (χ4n) is 1.47. The molecule has 21 heavy (non-hydrogen) atoms. The van der Waals surface area contributed by atoms with E-state index in [1.54, 1.807) is 23.5 Å². The summed E-state index contributed by atoms with van der Waals surface area (Å²) in [7, 11) is 0. The van der Waals surface area contributed by atoms with Crippen LogP contribution in [0.25, 0.3) is 6.08 Å². The molecule has 0 bridgehead atoms. The molecule has 0 unspecified atom stereocenters. The average molecular weight is 413 g/mol. The lowest BCUT2D eigenvalue weighted by atomic mass is 10.3. The number of amides is 1. The van der Waals surface area contributed by atoms with Gasteiger partial charge in [0, 0.05) is 9.65 Å². The molecule has 1 aromatic heterocycles. The Labute approximate surface area is 140 Å². The third kappa shape index (κ3) is 5.31. The summed E-state index contributed by atoms with van der Waals surface area (Å²) in [6.07, 6.45) is 2.96. The van der Waals surface area contributed by atoms with Crippen molar-refractivity contribution in [1.29, 1.82) is 0 Å². The van der Waals surface area contributed by atoms with Crippen molar-refractivity contribution in [2.75, 3.05) is 11.9 Å². The molecular formula is C15H12INO3S. The quantitative estimate of drug-likeness (QED) is 0.464. The monoisotopic (exact) mass is 413 g/mol. The standard InChI is InChI=1S/C15H12INO3S/c16-12-3-1-2-4-13(12)17-14(18)9-20-15(19)6-5-11-7-8-21-10-11/h1-8,10H,9H2,(H,17,18)/b6-5+. The molecule has 2 rings (SSSR count). The molecule has 0 saturated heterocycles. The van der Waals surface area contributed by atoms with E-state index in [0.29, 0.717) is 5.69 Å². The molecule has 6 heteroatoms. The lowest BCUT2D eigenvalue weighted by molar-refractivity contribution is -0.142. The highest BCUT2D eigenvalue weighted by Gasteiger charge is 2.07. The van der Waals surface area contributed by atoms with E-state index in [0.717, 1.165) is 9.13 Å². The first-order valence-electron chi connectivity index (χ1n) is 6.06. The minimum Gasteiger partial charge on any atom is -0.452 e. The lowest BCUT2D eigenvalue weighted by Crippen LogP contribution is -2.20. The normalized spacial score (nSPS) is 10.5. The molecule has 0 saturated carbocycles. The van der Waals surface area contributed by atoms with Gasteiger partial charge in [-0.3, -0.25) is 4.79 Å². The summed E-state index contributed by atoms with van der Waals surface area (Å²) in [6, 6.07) is 9.27. The second-order valence-corrected chi connectivity index (χ2v) is 5.97. The number of nitrogens with one attached hydrogen (secondary N) is 1. The van der Waals surface area contributed by atoms with Crippen molar-refractivity contribution in [2.45, 2.75) is 0 Å². The number of ether oxygens (including phenoxy) is 1. The molecule has 0 aliphatic carbocycles. The van der Waals surface area contributed by atoms with E-state index >= 15 is 0 Å². The predicted octanol–water partition coefficient (Wildman–Crippen LogP) is 3.55. The molecule has 1 amide bonds. The largest absolute Gasteiger partial charge is 0.452 e. The van der Waals surface area contributed by atoms with E-state index in [9.17, 15) is 9.59 Å². The van der Waals surface area contributed by atoms with Crippen LogP contribution in [0.5, 0.6) is 0 Å². The van der Waals surface area contributed by atoms with E-state index in [1.807, 2.05) is 35.0 Å². The Kier molecular flexibility index (Phi) is 5.94. The average Bonchev–Trinajstić information content (AvgIpc) is 2.99. The summed E-state index contributed by atoms with van der Waals surface area (Å²) in [5.41, 5.74) is 1.63. The Morgan fingerprint density at radius 1 is 1.29 bits per heavy atom. The van der Waals surface area contributed by atoms with Crippen molar-refractivity contribution >= 4 is 57.6 Å². The highest BCUT2D eigenvalue weighted by Crippen LogP contribution is 2.16. The minimum atomic E-state index is -0.542. The van der Waals surface area contributed by atoms with Crippen molar-refractivity contribution in [2.24, 2.45) is 0 Å². The van der Waals surface area contributed by atoms with E-state index < -0.39 is 5.97 Å². The van der Waals surface area contributed by atoms with E-state index in [-0.39, 0.29) is 12.5 Å². The zero-order valence-electron chi connectivity index (χ0n) is 10.9. The highest BCUT2D eigenvalue weighted by molar-refractivity contribution is 14.1. The summed E-state index contributed by atoms with van der Waals surface area (Å²) in [6.45, 7) is -0.308. The van der Waals surface area contributed by atoms with E-state index in [2.05, 4.69) is 27.9 Å². The van der Waals surface area contributed by atoms with Gasteiger partial charge >= 0.3 is 5.97 Å². The fraction of sp³-hybridized carbons (Fsp3) is 0.0667. The van der Waals surface area contributed by atoms with Gasteiger partial charge in [0.1, 0.15) is 0 Å². The zero-order chi connectivity index (χ0) is 15.1. The smallest absolute Gasteiger partial charge is 0.331 e. The van der Waals surface area contributed by atoms with Gasteiger partial charge in [-0.15, -0.1) is 0 Å². The number of hydrogen-bond acceptors (Lipinski definition) is 4.